The fourth-order valence-corrected chi connectivity index (χ4v) is 4.61. The SMILES string of the molecule is CCCC(C)(/C=C/c1ccc(C(C)(/C=C/c2ccc(C(C)C)cc2)CC)cc1)c1ccccc1. The van der Waals surface area contributed by atoms with Gasteiger partial charge in [0.2, 0.25) is 0 Å². The van der Waals surface area contributed by atoms with Crippen molar-refractivity contribution in [3.05, 3.63) is 119 Å². The molecule has 2 atom stereocenters. The van der Waals surface area contributed by atoms with Gasteiger partial charge in [0.15, 0.2) is 0 Å². The van der Waals surface area contributed by atoms with Gasteiger partial charge in [-0.1, -0.05) is 151 Å². The van der Waals surface area contributed by atoms with Crippen molar-refractivity contribution in [2.45, 2.75) is 77.6 Å². The standard InChI is InChI=1S/C34H42/c1-7-24-34(6,31-12-10-9-11-13-31)26-23-29-16-20-32(21-17-29)33(5,8-2)25-22-28-14-18-30(19-15-28)27(3)4/h9-23,25-27H,7-8,24H2,1-6H3/b25-22+,26-23+. The quantitative estimate of drug-likeness (QED) is 0.288. The lowest BCUT2D eigenvalue weighted by atomic mass is 9.77. The predicted octanol–water partition coefficient (Wildman–Crippen LogP) is 9.96. The molecule has 0 aliphatic heterocycles. The van der Waals surface area contributed by atoms with Crippen LogP contribution in [0.15, 0.2) is 91.0 Å². The second-order valence-corrected chi connectivity index (χ2v) is 10.4. The van der Waals surface area contributed by atoms with E-state index in [1.165, 1.54) is 27.8 Å². The van der Waals surface area contributed by atoms with Gasteiger partial charge in [0.25, 0.3) is 0 Å². The van der Waals surface area contributed by atoms with Crippen LogP contribution >= 0.6 is 0 Å². The Morgan fingerprint density at radius 1 is 0.647 bits per heavy atom. The van der Waals surface area contributed by atoms with Crippen LogP contribution < -0.4 is 0 Å². The molecule has 3 aromatic carbocycles. The molecule has 0 saturated carbocycles. The van der Waals surface area contributed by atoms with Crippen LogP contribution in [0.2, 0.25) is 0 Å². The summed E-state index contributed by atoms with van der Waals surface area (Å²) in [5.41, 5.74) is 6.73. The van der Waals surface area contributed by atoms with Crippen LogP contribution in [0.25, 0.3) is 12.2 Å². The Morgan fingerprint density at radius 3 is 1.65 bits per heavy atom. The van der Waals surface area contributed by atoms with Gasteiger partial charge < -0.3 is 0 Å². The van der Waals surface area contributed by atoms with E-state index in [1.54, 1.807) is 0 Å². The van der Waals surface area contributed by atoms with Gasteiger partial charge in [-0.15, -0.1) is 0 Å². The highest BCUT2D eigenvalue weighted by Gasteiger charge is 2.23. The average molecular weight is 451 g/mol. The number of rotatable bonds is 10. The molecule has 3 rings (SSSR count). The van der Waals surface area contributed by atoms with Crippen molar-refractivity contribution in [3.63, 3.8) is 0 Å². The van der Waals surface area contributed by atoms with Gasteiger partial charge in [-0.25, -0.2) is 0 Å². The van der Waals surface area contributed by atoms with Gasteiger partial charge >= 0.3 is 0 Å². The van der Waals surface area contributed by atoms with Crippen LogP contribution in [0.5, 0.6) is 0 Å². The molecule has 0 nitrogen and oxygen atoms in total. The van der Waals surface area contributed by atoms with E-state index in [0.29, 0.717) is 5.92 Å². The highest BCUT2D eigenvalue weighted by Crippen LogP contribution is 2.33. The van der Waals surface area contributed by atoms with Crippen LogP contribution in [0.3, 0.4) is 0 Å². The summed E-state index contributed by atoms with van der Waals surface area (Å²) in [7, 11) is 0. The van der Waals surface area contributed by atoms with E-state index < -0.39 is 0 Å². The van der Waals surface area contributed by atoms with Crippen LogP contribution in [0.4, 0.5) is 0 Å². The van der Waals surface area contributed by atoms with Crippen LogP contribution in [-0.4, -0.2) is 0 Å². The van der Waals surface area contributed by atoms with Gasteiger partial charge in [-0.2, -0.15) is 0 Å². The molecule has 0 aromatic heterocycles. The van der Waals surface area contributed by atoms with E-state index in [9.17, 15) is 0 Å². The van der Waals surface area contributed by atoms with Crippen molar-refractivity contribution in [2.75, 3.05) is 0 Å². The minimum absolute atomic E-state index is 0.0136. The van der Waals surface area contributed by atoms with E-state index in [-0.39, 0.29) is 10.8 Å². The summed E-state index contributed by atoms with van der Waals surface area (Å²) in [6.07, 6.45) is 12.7. The molecular formula is C34H42. The van der Waals surface area contributed by atoms with Gasteiger partial charge in [0.05, 0.1) is 0 Å². The molecule has 0 amide bonds. The second-order valence-electron chi connectivity index (χ2n) is 10.4. The highest BCUT2D eigenvalue weighted by atomic mass is 14.3. The maximum Gasteiger partial charge on any atom is 0.0107 e. The molecule has 0 saturated heterocycles. The molecule has 0 heterocycles. The monoisotopic (exact) mass is 450 g/mol. The number of benzene rings is 3. The smallest absolute Gasteiger partial charge is 0.0107 e. The molecule has 3 aromatic rings. The summed E-state index contributed by atoms with van der Waals surface area (Å²) >= 11 is 0. The molecule has 0 bridgehead atoms. The Labute approximate surface area is 208 Å². The Bertz CT molecular complexity index is 1070. The van der Waals surface area contributed by atoms with Crippen LogP contribution in [0, 0.1) is 0 Å². The third-order valence-corrected chi connectivity index (χ3v) is 7.40. The largest absolute Gasteiger partial charge is 0.0736 e. The average Bonchev–Trinajstić information content (AvgIpc) is 2.87. The maximum absolute atomic E-state index is 2.39. The Hall–Kier alpha value is -2.86. The summed E-state index contributed by atoms with van der Waals surface area (Å²) in [5.74, 6) is 0.569. The van der Waals surface area contributed by atoms with Crippen molar-refractivity contribution in [1.29, 1.82) is 0 Å². The first kappa shape index (κ1) is 25.8. The molecule has 178 valence electrons. The Balaban J connectivity index is 1.78. The summed E-state index contributed by atoms with van der Waals surface area (Å²) in [4.78, 5) is 0. The third kappa shape index (κ3) is 6.38. The summed E-state index contributed by atoms with van der Waals surface area (Å²) in [6.45, 7) is 13.7. The van der Waals surface area contributed by atoms with E-state index in [2.05, 4.69) is 145 Å². The first-order valence-electron chi connectivity index (χ1n) is 12.9. The van der Waals surface area contributed by atoms with Gasteiger partial charge in [-0.3, -0.25) is 0 Å². The number of hydrogen-bond donors (Lipinski definition) is 0. The van der Waals surface area contributed by atoms with Crippen LogP contribution in [-0.2, 0) is 10.8 Å². The third-order valence-electron chi connectivity index (χ3n) is 7.40. The first-order chi connectivity index (χ1) is 16.3. The lowest BCUT2D eigenvalue weighted by Gasteiger charge is -2.27. The zero-order chi connectivity index (χ0) is 24.6. The lowest BCUT2D eigenvalue weighted by molar-refractivity contribution is 0.533. The molecule has 0 aliphatic rings. The summed E-state index contributed by atoms with van der Waals surface area (Å²) in [6, 6.07) is 29.0. The number of hydrogen-bond acceptors (Lipinski definition) is 0. The van der Waals surface area contributed by atoms with E-state index in [0.717, 1.165) is 19.3 Å². The topological polar surface area (TPSA) is 0 Å². The Morgan fingerprint density at radius 2 is 1.15 bits per heavy atom. The molecule has 0 fully saturated rings. The van der Waals surface area contributed by atoms with Gasteiger partial charge in [0.1, 0.15) is 0 Å². The van der Waals surface area contributed by atoms with Crippen LogP contribution in [0.1, 0.15) is 94.5 Å². The fourth-order valence-electron chi connectivity index (χ4n) is 4.61. The molecule has 34 heavy (non-hydrogen) atoms. The van der Waals surface area contributed by atoms with E-state index in [4.69, 9.17) is 0 Å². The fraction of sp³-hybridized carbons (Fsp3) is 0.353. The van der Waals surface area contributed by atoms with Crippen molar-refractivity contribution < 1.29 is 0 Å². The maximum atomic E-state index is 2.39. The van der Waals surface area contributed by atoms with Crippen molar-refractivity contribution >= 4 is 12.2 Å². The van der Waals surface area contributed by atoms with Gasteiger partial charge in [0, 0.05) is 10.8 Å². The van der Waals surface area contributed by atoms with Crippen molar-refractivity contribution in [2.24, 2.45) is 0 Å². The molecule has 0 aliphatic carbocycles. The molecular weight excluding hydrogens is 408 g/mol. The minimum atomic E-state index is 0.0136. The van der Waals surface area contributed by atoms with E-state index >= 15 is 0 Å². The molecule has 2 unspecified atom stereocenters. The lowest BCUT2D eigenvalue weighted by Crippen LogP contribution is -2.18. The Kier molecular flexibility index (Phi) is 8.72. The minimum Gasteiger partial charge on any atom is -0.0736 e. The van der Waals surface area contributed by atoms with Gasteiger partial charge in [-0.05, 0) is 46.6 Å². The second kappa shape index (κ2) is 11.5. The molecule has 0 heteroatoms. The first-order valence-corrected chi connectivity index (χ1v) is 12.9. The molecule has 0 N–H and O–H groups in total. The zero-order valence-electron chi connectivity index (χ0n) is 22.0. The zero-order valence-corrected chi connectivity index (χ0v) is 22.0. The van der Waals surface area contributed by atoms with Crippen molar-refractivity contribution in [3.8, 4) is 0 Å². The normalized spacial score (nSPS) is 15.6. The number of allylic oxidation sites excluding steroid dienone is 2. The van der Waals surface area contributed by atoms with Crippen molar-refractivity contribution in [1.82, 2.24) is 0 Å². The summed E-state index contributed by atoms with van der Waals surface area (Å²) in [5, 5.41) is 0. The van der Waals surface area contributed by atoms with E-state index in [1.807, 2.05) is 0 Å². The highest BCUT2D eigenvalue weighted by molar-refractivity contribution is 5.56. The molecule has 0 spiro atoms. The molecule has 0 radical (unpaired) electrons. The summed E-state index contributed by atoms with van der Waals surface area (Å²) < 4.78 is 0. The predicted molar refractivity (Wildman–Crippen MR) is 151 cm³/mol.